The molecule has 0 bridgehead atoms. The number of nitrogens with two attached hydrogens (primary N) is 2. The van der Waals surface area contributed by atoms with E-state index in [2.05, 4.69) is 15.3 Å². The maximum Gasteiger partial charge on any atom is 0.257 e. The monoisotopic (exact) mass is 479 g/mol. The number of nitrogens with one attached hydrogen (secondary N) is 1. The maximum atomic E-state index is 12.4. The van der Waals surface area contributed by atoms with Gasteiger partial charge in [0.25, 0.3) is 11.8 Å². The predicted molar refractivity (Wildman–Crippen MR) is 129 cm³/mol. The number of amides is 2. The number of hydrogen-bond acceptors (Lipinski definition) is 9. The van der Waals surface area contributed by atoms with Crippen molar-refractivity contribution in [2.75, 3.05) is 31.4 Å². The summed E-state index contributed by atoms with van der Waals surface area (Å²) in [6.07, 6.45) is 3.16. The second-order valence-electron chi connectivity index (χ2n) is 7.03. The molecule has 2 amide bonds. The molecule has 0 aliphatic carbocycles. The molecule has 2 aromatic heterocycles. The van der Waals surface area contributed by atoms with Crippen LogP contribution in [0.5, 0.6) is 17.2 Å². The summed E-state index contributed by atoms with van der Waals surface area (Å²) in [5, 5.41) is 5.49. The van der Waals surface area contributed by atoms with Gasteiger partial charge in [0.05, 0.1) is 23.4 Å². The van der Waals surface area contributed by atoms with Gasteiger partial charge in [-0.2, -0.15) is 0 Å². The lowest BCUT2D eigenvalue weighted by Crippen LogP contribution is -2.14. The molecule has 2 heterocycles. The molecule has 0 unspecified atom stereocenters. The summed E-state index contributed by atoms with van der Waals surface area (Å²) in [5.74, 6) is 0.0488. The Balaban J connectivity index is 1.62. The number of hydrogen-bond donors (Lipinski definition) is 3. The number of pyridine rings is 1. The fraction of sp³-hybridized carbons (Fsp3) is 0.130. The van der Waals surface area contributed by atoms with Gasteiger partial charge in [0.1, 0.15) is 23.9 Å². The number of fused-ring (bicyclic) bond motifs is 1. The van der Waals surface area contributed by atoms with Crippen LogP contribution in [0.3, 0.4) is 0 Å². The highest BCUT2D eigenvalue weighted by Gasteiger charge is 2.16. The zero-order valence-corrected chi connectivity index (χ0v) is 18.9. The number of methoxy groups -OCH3 is 1. The SMILES string of the molecule is COCCOc1cc2nccc(Oc3ccc(C(=O)Nc4nccs4)cc3N)c2cc1C(N)=O. The zero-order chi connectivity index (χ0) is 24.1. The molecule has 11 heteroatoms. The molecule has 4 aromatic rings. The highest BCUT2D eigenvalue weighted by molar-refractivity contribution is 7.13. The fourth-order valence-corrected chi connectivity index (χ4v) is 3.66. The molecule has 0 radical (unpaired) electrons. The first-order chi connectivity index (χ1) is 16.5. The lowest BCUT2D eigenvalue weighted by Gasteiger charge is -2.14. The summed E-state index contributed by atoms with van der Waals surface area (Å²) in [6, 6.07) is 9.52. The van der Waals surface area contributed by atoms with Crippen molar-refractivity contribution in [3.8, 4) is 17.2 Å². The van der Waals surface area contributed by atoms with Crippen molar-refractivity contribution >= 4 is 44.9 Å². The Morgan fingerprint density at radius 2 is 1.88 bits per heavy atom. The molecule has 0 aliphatic heterocycles. The third kappa shape index (κ3) is 5.05. The number of aromatic nitrogens is 2. The van der Waals surface area contributed by atoms with Crippen LogP contribution in [0.15, 0.2) is 54.2 Å². The number of rotatable bonds is 9. The standard InChI is InChI=1S/C23H21N5O5S/c1-31-7-8-32-20-12-17-14(11-15(20)21(25)29)18(4-5-26-17)33-19-3-2-13(10-16(19)24)22(30)28-23-27-6-9-34-23/h2-6,9-12H,7-8,24H2,1H3,(H2,25,29)(H,27,28,30). The Morgan fingerprint density at radius 1 is 1.03 bits per heavy atom. The molecule has 10 nitrogen and oxygen atoms in total. The number of primary amides is 1. The Morgan fingerprint density at radius 3 is 2.59 bits per heavy atom. The second kappa shape index (κ2) is 10.1. The molecule has 0 fully saturated rings. The van der Waals surface area contributed by atoms with Crippen molar-refractivity contribution in [1.82, 2.24) is 9.97 Å². The minimum atomic E-state index is -0.653. The van der Waals surface area contributed by atoms with Crippen molar-refractivity contribution in [3.05, 3.63) is 65.3 Å². The van der Waals surface area contributed by atoms with Gasteiger partial charge in [0, 0.05) is 41.9 Å². The minimum absolute atomic E-state index is 0.184. The topological polar surface area (TPSA) is 152 Å². The van der Waals surface area contributed by atoms with Gasteiger partial charge in [0.15, 0.2) is 5.13 Å². The number of anilines is 2. The smallest absolute Gasteiger partial charge is 0.257 e. The van der Waals surface area contributed by atoms with Crippen LogP contribution in [0, 0.1) is 0 Å². The van der Waals surface area contributed by atoms with Gasteiger partial charge < -0.3 is 25.7 Å². The highest BCUT2D eigenvalue weighted by Crippen LogP contribution is 2.35. The summed E-state index contributed by atoms with van der Waals surface area (Å²) < 4.78 is 16.6. The van der Waals surface area contributed by atoms with Gasteiger partial charge in [-0.25, -0.2) is 4.98 Å². The highest BCUT2D eigenvalue weighted by atomic mass is 32.1. The van der Waals surface area contributed by atoms with Crippen LogP contribution < -0.4 is 26.3 Å². The van der Waals surface area contributed by atoms with Gasteiger partial charge in [-0.15, -0.1) is 11.3 Å². The van der Waals surface area contributed by atoms with Crippen molar-refractivity contribution in [1.29, 1.82) is 0 Å². The lowest BCUT2D eigenvalue weighted by atomic mass is 10.1. The van der Waals surface area contributed by atoms with E-state index in [1.165, 1.54) is 17.4 Å². The lowest BCUT2D eigenvalue weighted by molar-refractivity contribution is 0.0990. The number of carbonyl (C=O) groups excluding carboxylic acids is 2. The van der Waals surface area contributed by atoms with Gasteiger partial charge in [-0.1, -0.05) is 0 Å². The molecule has 0 saturated heterocycles. The third-order valence-corrected chi connectivity index (χ3v) is 5.45. The van der Waals surface area contributed by atoms with Gasteiger partial charge in [-0.3, -0.25) is 19.9 Å². The zero-order valence-electron chi connectivity index (χ0n) is 18.1. The molecular formula is C23H21N5O5S. The van der Waals surface area contributed by atoms with E-state index in [1.807, 2.05) is 0 Å². The number of benzene rings is 2. The number of thiazole rings is 1. The van der Waals surface area contributed by atoms with Crippen molar-refractivity contribution in [2.24, 2.45) is 5.73 Å². The van der Waals surface area contributed by atoms with E-state index in [4.69, 9.17) is 25.7 Å². The van der Waals surface area contributed by atoms with Crippen molar-refractivity contribution in [3.63, 3.8) is 0 Å². The van der Waals surface area contributed by atoms with E-state index in [-0.39, 0.29) is 23.8 Å². The molecule has 5 N–H and O–H groups in total. The first-order valence-corrected chi connectivity index (χ1v) is 11.0. The van der Waals surface area contributed by atoms with Crippen LogP contribution in [0.1, 0.15) is 20.7 Å². The molecule has 0 aliphatic rings. The van der Waals surface area contributed by atoms with Crippen molar-refractivity contribution < 1.29 is 23.8 Å². The summed E-state index contributed by atoms with van der Waals surface area (Å²) in [5.41, 5.74) is 13.0. The molecule has 0 spiro atoms. The molecule has 2 aromatic carbocycles. The maximum absolute atomic E-state index is 12.4. The minimum Gasteiger partial charge on any atom is -0.490 e. The quantitative estimate of drug-likeness (QED) is 0.244. The van der Waals surface area contributed by atoms with E-state index in [1.54, 1.807) is 55.2 Å². The van der Waals surface area contributed by atoms with E-state index in [9.17, 15) is 9.59 Å². The number of nitrogen functional groups attached to an aromatic ring is 1. The van der Waals surface area contributed by atoms with Crippen LogP contribution in [0.4, 0.5) is 10.8 Å². The third-order valence-electron chi connectivity index (χ3n) is 4.76. The van der Waals surface area contributed by atoms with Gasteiger partial charge >= 0.3 is 0 Å². The fourth-order valence-electron chi connectivity index (χ4n) is 3.14. The Bertz CT molecular complexity index is 1340. The van der Waals surface area contributed by atoms with Crippen molar-refractivity contribution in [2.45, 2.75) is 0 Å². The average Bonchev–Trinajstić information content (AvgIpc) is 3.33. The Hall–Kier alpha value is -4.22. The van der Waals surface area contributed by atoms with Crippen LogP contribution in [-0.4, -0.2) is 42.1 Å². The number of nitrogens with zero attached hydrogens (tertiary/aromatic N) is 2. The first-order valence-electron chi connectivity index (χ1n) is 10.1. The van der Waals surface area contributed by atoms with E-state index < -0.39 is 5.91 Å². The second-order valence-corrected chi connectivity index (χ2v) is 7.92. The van der Waals surface area contributed by atoms with E-state index in [0.29, 0.717) is 45.5 Å². The first kappa shape index (κ1) is 23.0. The van der Waals surface area contributed by atoms with Gasteiger partial charge in [-0.05, 0) is 30.3 Å². The number of ether oxygens (including phenoxy) is 3. The van der Waals surface area contributed by atoms with Gasteiger partial charge in [0.2, 0.25) is 0 Å². The van der Waals surface area contributed by atoms with E-state index in [0.717, 1.165) is 0 Å². The molecule has 4 rings (SSSR count). The summed E-state index contributed by atoms with van der Waals surface area (Å²) >= 11 is 1.31. The van der Waals surface area contributed by atoms with Crippen LogP contribution in [0.25, 0.3) is 10.9 Å². The Kier molecular flexibility index (Phi) is 6.85. The van der Waals surface area contributed by atoms with Crippen LogP contribution >= 0.6 is 11.3 Å². The molecule has 0 atom stereocenters. The normalized spacial score (nSPS) is 10.7. The summed E-state index contributed by atoms with van der Waals surface area (Å²) in [7, 11) is 1.55. The molecule has 174 valence electrons. The summed E-state index contributed by atoms with van der Waals surface area (Å²) in [4.78, 5) is 32.8. The molecule has 34 heavy (non-hydrogen) atoms. The van der Waals surface area contributed by atoms with E-state index >= 15 is 0 Å². The average molecular weight is 480 g/mol. The summed E-state index contributed by atoms with van der Waals surface area (Å²) in [6.45, 7) is 0.599. The van der Waals surface area contributed by atoms with Crippen LogP contribution in [0.2, 0.25) is 0 Å². The molecular weight excluding hydrogens is 458 g/mol. The van der Waals surface area contributed by atoms with Crippen LogP contribution in [-0.2, 0) is 4.74 Å². The Labute approximate surface area is 198 Å². The largest absolute Gasteiger partial charge is 0.490 e. The predicted octanol–water partition coefficient (Wildman–Crippen LogP) is 3.44. The number of carbonyl (C=O) groups is 2. The molecule has 0 saturated carbocycles.